The average molecular weight is 233 g/mol. The van der Waals surface area contributed by atoms with E-state index in [2.05, 4.69) is 33.0 Å². The molecule has 0 aliphatic carbocycles. The third kappa shape index (κ3) is 8.12. The summed E-state index contributed by atoms with van der Waals surface area (Å²) in [6, 6.07) is 0.436. The van der Waals surface area contributed by atoms with Gasteiger partial charge in [0.1, 0.15) is 0 Å². The number of nitrogens with one attached hydrogen (secondary N) is 1. The van der Waals surface area contributed by atoms with Crippen molar-refractivity contribution >= 4 is 11.8 Å². The van der Waals surface area contributed by atoms with Crippen LogP contribution in [0.3, 0.4) is 0 Å². The summed E-state index contributed by atoms with van der Waals surface area (Å²) in [4.78, 5) is 0. The molecular formula is C12H27NOS. The number of aliphatic hydroxyl groups is 1. The summed E-state index contributed by atoms with van der Waals surface area (Å²) in [5.41, 5.74) is -0.0963. The van der Waals surface area contributed by atoms with Crippen LogP contribution < -0.4 is 5.32 Å². The number of hydrogen-bond donors (Lipinski definition) is 2. The maximum Gasteiger partial charge on any atom is 0.0610 e. The van der Waals surface area contributed by atoms with Crippen molar-refractivity contribution in [1.82, 2.24) is 5.32 Å². The summed E-state index contributed by atoms with van der Waals surface area (Å²) in [6.07, 6.45) is 3.49. The van der Waals surface area contributed by atoms with E-state index in [0.29, 0.717) is 6.04 Å². The van der Waals surface area contributed by atoms with Gasteiger partial charge in [0.15, 0.2) is 0 Å². The highest BCUT2D eigenvalue weighted by Gasteiger charge is 2.22. The molecular weight excluding hydrogens is 206 g/mol. The molecule has 0 heterocycles. The molecule has 0 aliphatic heterocycles. The molecule has 0 aromatic carbocycles. The Kier molecular flexibility index (Phi) is 8.58. The molecule has 92 valence electrons. The Labute approximate surface area is 99.2 Å². The Morgan fingerprint density at radius 1 is 1.33 bits per heavy atom. The van der Waals surface area contributed by atoms with E-state index in [1.165, 1.54) is 24.3 Å². The Morgan fingerprint density at radius 2 is 2.00 bits per heavy atom. The summed E-state index contributed by atoms with van der Waals surface area (Å²) in [6.45, 7) is 8.80. The zero-order chi connectivity index (χ0) is 11.7. The third-order valence-electron chi connectivity index (χ3n) is 2.35. The highest BCUT2D eigenvalue weighted by molar-refractivity contribution is 7.99. The van der Waals surface area contributed by atoms with Crippen LogP contribution in [0.2, 0.25) is 0 Å². The number of thioether (sulfide) groups is 1. The highest BCUT2D eigenvalue weighted by atomic mass is 32.2. The van der Waals surface area contributed by atoms with E-state index in [1.807, 2.05) is 11.8 Å². The highest BCUT2D eigenvalue weighted by Crippen LogP contribution is 2.15. The molecule has 15 heavy (non-hydrogen) atoms. The Bertz CT molecular complexity index is 153. The molecule has 0 saturated carbocycles. The van der Waals surface area contributed by atoms with Gasteiger partial charge in [0, 0.05) is 11.6 Å². The first-order valence-electron chi connectivity index (χ1n) is 6.00. The molecule has 2 nitrogen and oxygen atoms in total. The summed E-state index contributed by atoms with van der Waals surface area (Å²) < 4.78 is 0. The Hall–Kier alpha value is 0.270. The van der Waals surface area contributed by atoms with Gasteiger partial charge in [-0.05, 0) is 37.7 Å². The van der Waals surface area contributed by atoms with Gasteiger partial charge in [0.05, 0.1) is 6.61 Å². The van der Waals surface area contributed by atoms with Crippen molar-refractivity contribution < 1.29 is 5.11 Å². The minimum absolute atomic E-state index is 0.0963. The van der Waals surface area contributed by atoms with Crippen LogP contribution in [0.5, 0.6) is 0 Å². The lowest BCUT2D eigenvalue weighted by Crippen LogP contribution is -2.49. The van der Waals surface area contributed by atoms with Gasteiger partial charge in [-0.25, -0.2) is 0 Å². The zero-order valence-electron chi connectivity index (χ0n) is 10.7. The standard InChI is InChI=1S/C12H27NOS/c1-5-8-15-9-6-7-12(4,10-14)13-11(2)3/h11,13-14H,5-10H2,1-4H3. The van der Waals surface area contributed by atoms with E-state index < -0.39 is 0 Å². The molecule has 0 saturated heterocycles. The monoisotopic (exact) mass is 233 g/mol. The van der Waals surface area contributed by atoms with Gasteiger partial charge in [-0.2, -0.15) is 11.8 Å². The molecule has 2 N–H and O–H groups in total. The average Bonchev–Trinajstić information content (AvgIpc) is 2.16. The molecule has 0 aliphatic rings. The predicted molar refractivity (Wildman–Crippen MR) is 70.6 cm³/mol. The zero-order valence-corrected chi connectivity index (χ0v) is 11.5. The van der Waals surface area contributed by atoms with Crippen molar-refractivity contribution in [3.63, 3.8) is 0 Å². The van der Waals surface area contributed by atoms with E-state index in [1.54, 1.807) is 0 Å². The molecule has 0 aromatic heterocycles. The normalized spacial score (nSPS) is 15.6. The van der Waals surface area contributed by atoms with Gasteiger partial charge >= 0.3 is 0 Å². The summed E-state index contributed by atoms with van der Waals surface area (Å²) in [5.74, 6) is 2.47. The van der Waals surface area contributed by atoms with Crippen molar-refractivity contribution in [3.8, 4) is 0 Å². The summed E-state index contributed by atoms with van der Waals surface area (Å²) >= 11 is 2.01. The number of aliphatic hydroxyl groups excluding tert-OH is 1. The fraction of sp³-hybridized carbons (Fsp3) is 1.00. The van der Waals surface area contributed by atoms with Crippen LogP contribution in [-0.2, 0) is 0 Å². The molecule has 0 radical (unpaired) electrons. The quantitative estimate of drug-likeness (QED) is 0.601. The maximum absolute atomic E-state index is 9.37. The van der Waals surface area contributed by atoms with Crippen LogP contribution >= 0.6 is 11.8 Å². The summed E-state index contributed by atoms with van der Waals surface area (Å²) in [7, 11) is 0. The molecule has 0 aromatic rings. The molecule has 1 atom stereocenters. The van der Waals surface area contributed by atoms with Gasteiger partial charge in [0.25, 0.3) is 0 Å². The van der Waals surface area contributed by atoms with Gasteiger partial charge in [-0.3, -0.25) is 0 Å². The second-order valence-corrected chi connectivity index (χ2v) is 5.96. The maximum atomic E-state index is 9.37. The van der Waals surface area contributed by atoms with Crippen LogP contribution in [-0.4, -0.2) is 34.8 Å². The van der Waals surface area contributed by atoms with E-state index in [4.69, 9.17) is 0 Å². The van der Waals surface area contributed by atoms with Crippen molar-refractivity contribution in [2.45, 2.75) is 58.5 Å². The molecule has 0 fully saturated rings. The fourth-order valence-corrected chi connectivity index (χ4v) is 2.55. The van der Waals surface area contributed by atoms with Crippen molar-refractivity contribution in [2.24, 2.45) is 0 Å². The van der Waals surface area contributed by atoms with Crippen LogP contribution in [0.15, 0.2) is 0 Å². The molecule has 0 spiro atoms. The summed E-state index contributed by atoms with van der Waals surface area (Å²) in [5, 5.41) is 12.8. The van der Waals surface area contributed by atoms with E-state index in [9.17, 15) is 5.11 Å². The van der Waals surface area contributed by atoms with Gasteiger partial charge in [0.2, 0.25) is 0 Å². The van der Waals surface area contributed by atoms with Crippen LogP contribution in [0.25, 0.3) is 0 Å². The Balaban J connectivity index is 3.68. The lowest BCUT2D eigenvalue weighted by atomic mass is 9.96. The van der Waals surface area contributed by atoms with Gasteiger partial charge < -0.3 is 10.4 Å². The smallest absolute Gasteiger partial charge is 0.0610 e. The molecule has 3 heteroatoms. The van der Waals surface area contributed by atoms with Crippen molar-refractivity contribution in [2.75, 3.05) is 18.1 Å². The SMILES string of the molecule is CCCSCCCC(C)(CO)NC(C)C. The van der Waals surface area contributed by atoms with Gasteiger partial charge in [-0.1, -0.05) is 20.8 Å². The molecule has 0 rings (SSSR count). The largest absolute Gasteiger partial charge is 0.394 e. The molecule has 0 bridgehead atoms. The predicted octanol–water partition coefficient (Wildman–Crippen LogP) is 2.66. The number of hydrogen-bond acceptors (Lipinski definition) is 3. The van der Waals surface area contributed by atoms with Gasteiger partial charge in [-0.15, -0.1) is 0 Å². The second-order valence-electron chi connectivity index (χ2n) is 4.73. The van der Waals surface area contributed by atoms with E-state index >= 15 is 0 Å². The second kappa shape index (κ2) is 8.43. The van der Waals surface area contributed by atoms with Crippen molar-refractivity contribution in [3.05, 3.63) is 0 Å². The van der Waals surface area contributed by atoms with E-state index in [-0.39, 0.29) is 12.1 Å². The first-order valence-corrected chi connectivity index (χ1v) is 7.16. The molecule has 0 amide bonds. The number of rotatable bonds is 9. The van der Waals surface area contributed by atoms with Crippen LogP contribution in [0.1, 0.15) is 47.0 Å². The first kappa shape index (κ1) is 15.3. The third-order valence-corrected chi connectivity index (χ3v) is 3.63. The molecule has 1 unspecified atom stereocenters. The van der Waals surface area contributed by atoms with Crippen molar-refractivity contribution in [1.29, 1.82) is 0 Å². The Morgan fingerprint density at radius 3 is 2.47 bits per heavy atom. The first-order chi connectivity index (χ1) is 7.04. The van der Waals surface area contributed by atoms with Crippen LogP contribution in [0.4, 0.5) is 0 Å². The van der Waals surface area contributed by atoms with Crippen LogP contribution in [0, 0.1) is 0 Å². The van der Waals surface area contributed by atoms with E-state index in [0.717, 1.165) is 6.42 Å². The lowest BCUT2D eigenvalue weighted by molar-refractivity contribution is 0.156. The fourth-order valence-electron chi connectivity index (χ4n) is 1.70. The minimum Gasteiger partial charge on any atom is -0.394 e. The lowest BCUT2D eigenvalue weighted by Gasteiger charge is -2.31. The minimum atomic E-state index is -0.0963. The topological polar surface area (TPSA) is 32.3 Å².